The number of hydrogen-bond donors (Lipinski definition) is 0. The first-order chi connectivity index (χ1) is 9.01. The van der Waals surface area contributed by atoms with Crippen molar-refractivity contribution in [3.63, 3.8) is 0 Å². The maximum atomic E-state index is 11.3. The van der Waals surface area contributed by atoms with Gasteiger partial charge in [-0.05, 0) is 18.3 Å². The number of rotatable bonds is 11. The van der Waals surface area contributed by atoms with Crippen LogP contribution in [0.15, 0.2) is 0 Å². The lowest BCUT2D eigenvalue weighted by Gasteiger charge is -2.15. The first-order valence-corrected chi connectivity index (χ1v) is 8.09. The molecule has 0 unspecified atom stereocenters. The zero-order valence-corrected chi connectivity index (χ0v) is 13.7. The summed E-state index contributed by atoms with van der Waals surface area (Å²) < 4.78 is 4.74. The van der Waals surface area contributed by atoms with Crippen LogP contribution in [0.2, 0.25) is 0 Å². The van der Waals surface area contributed by atoms with Crippen molar-refractivity contribution < 1.29 is 9.53 Å². The molecule has 0 bridgehead atoms. The summed E-state index contributed by atoms with van der Waals surface area (Å²) in [6, 6.07) is 0. The monoisotopic (exact) mass is 270 g/mol. The molecule has 0 spiro atoms. The van der Waals surface area contributed by atoms with Crippen LogP contribution in [0.1, 0.15) is 79.1 Å². The predicted octanol–water partition coefficient (Wildman–Crippen LogP) is 5.21. The minimum absolute atomic E-state index is 0.0572. The normalized spacial score (nSPS) is 15.8. The van der Waals surface area contributed by atoms with Gasteiger partial charge in [0.25, 0.3) is 0 Å². The van der Waals surface area contributed by atoms with Crippen LogP contribution < -0.4 is 0 Å². The molecule has 0 saturated carbocycles. The van der Waals surface area contributed by atoms with Gasteiger partial charge in [0, 0.05) is 0 Å². The Bertz CT molecular complexity index is 225. The minimum Gasteiger partial charge on any atom is -0.469 e. The third kappa shape index (κ3) is 9.98. The Balaban J connectivity index is 3.54. The highest BCUT2D eigenvalue weighted by Crippen LogP contribution is 2.21. The molecule has 0 aromatic heterocycles. The molecule has 0 rings (SSSR count). The van der Waals surface area contributed by atoms with E-state index in [4.69, 9.17) is 4.74 Å². The standard InChI is InChI=1S/C17H34O2/c1-6-9-14(2)10-7-11-15(3)12-8-13-16(4)17(18)19-5/h14-16H,6-13H2,1-5H3/t14-,15-,16+/m0/s1. The molecule has 0 aliphatic heterocycles. The summed E-state index contributed by atoms with van der Waals surface area (Å²) in [4.78, 5) is 11.3. The third-order valence-electron chi connectivity index (χ3n) is 4.11. The molecule has 0 aliphatic rings. The second-order valence-electron chi connectivity index (χ2n) is 6.29. The van der Waals surface area contributed by atoms with Crippen molar-refractivity contribution in [3.8, 4) is 0 Å². The minimum atomic E-state index is -0.0685. The number of ether oxygens (including phenoxy) is 1. The average Bonchev–Trinajstić information content (AvgIpc) is 2.37. The lowest BCUT2D eigenvalue weighted by Crippen LogP contribution is -2.12. The molecule has 0 saturated heterocycles. The summed E-state index contributed by atoms with van der Waals surface area (Å²) in [5.74, 6) is 1.66. The van der Waals surface area contributed by atoms with E-state index in [1.807, 2.05) is 6.92 Å². The number of hydrogen-bond acceptors (Lipinski definition) is 2. The van der Waals surface area contributed by atoms with Crippen molar-refractivity contribution in [2.45, 2.75) is 79.1 Å². The zero-order valence-electron chi connectivity index (χ0n) is 13.7. The van der Waals surface area contributed by atoms with Gasteiger partial charge in [-0.1, -0.05) is 72.6 Å². The Labute approximate surface area is 120 Å². The van der Waals surface area contributed by atoms with Crippen LogP contribution in [0.25, 0.3) is 0 Å². The number of methoxy groups -OCH3 is 1. The molecule has 0 fully saturated rings. The van der Waals surface area contributed by atoms with Crippen molar-refractivity contribution in [1.82, 2.24) is 0 Å². The van der Waals surface area contributed by atoms with E-state index in [2.05, 4.69) is 20.8 Å². The molecular weight excluding hydrogens is 236 g/mol. The van der Waals surface area contributed by atoms with E-state index in [0.29, 0.717) is 0 Å². The topological polar surface area (TPSA) is 26.3 Å². The number of carbonyl (C=O) groups is 1. The van der Waals surface area contributed by atoms with Crippen LogP contribution in [0.3, 0.4) is 0 Å². The molecule has 0 heterocycles. The van der Waals surface area contributed by atoms with E-state index < -0.39 is 0 Å². The van der Waals surface area contributed by atoms with E-state index in [-0.39, 0.29) is 11.9 Å². The van der Waals surface area contributed by atoms with Crippen LogP contribution >= 0.6 is 0 Å². The molecule has 0 aromatic rings. The summed E-state index contributed by atoms with van der Waals surface area (Å²) in [5.41, 5.74) is 0. The largest absolute Gasteiger partial charge is 0.469 e. The second kappa shape index (κ2) is 11.3. The Morgan fingerprint density at radius 1 is 0.895 bits per heavy atom. The van der Waals surface area contributed by atoms with Gasteiger partial charge >= 0.3 is 5.97 Å². The molecule has 2 heteroatoms. The highest BCUT2D eigenvalue weighted by atomic mass is 16.5. The predicted molar refractivity (Wildman–Crippen MR) is 82.1 cm³/mol. The van der Waals surface area contributed by atoms with Gasteiger partial charge in [0.05, 0.1) is 13.0 Å². The van der Waals surface area contributed by atoms with Crippen LogP contribution in [-0.2, 0) is 9.53 Å². The molecule has 0 radical (unpaired) electrons. The highest BCUT2D eigenvalue weighted by Gasteiger charge is 2.13. The lowest BCUT2D eigenvalue weighted by molar-refractivity contribution is -0.145. The van der Waals surface area contributed by atoms with E-state index in [1.165, 1.54) is 45.6 Å². The van der Waals surface area contributed by atoms with Crippen molar-refractivity contribution in [2.24, 2.45) is 17.8 Å². The van der Waals surface area contributed by atoms with Gasteiger partial charge in [-0.25, -0.2) is 0 Å². The molecule has 3 atom stereocenters. The maximum absolute atomic E-state index is 11.3. The van der Waals surface area contributed by atoms with Crippen LogP contribution in [0.5, 0.6) is 0 Å². The summed E-state index contributed by atoms with van der Waals surface area (Å²) in [6.45, 7) is 8.93. The molecule has 0 aromatic carbocycles. The summed E-state index contributed by atoms with van der Waals surface area (Å²) >= 11 is 0. The van der Waals surface area contributed by atoms with E-state index in [9.17, 15) is 4.79 Å². The van der Waals surface area contributed by atoms with Gasteiger partial charge in [0.15, 0.2) is 0 Å². The molecule has 19 heavy (non-hydrogen) atoms. The molecule has 114 valence electrons. The van der Waals surface area contributed by atoms with Crippen LogP contribution in [-0.4, -0.2) is 13.1 Å². The first kappa shape index (κ1) is 18.5. The van der Waals surface area contributed by atoms with Crippen LogP contribution in [0, 0.1) is 17.8 Å². The Hall–Kier alpha value is -0.530. The van der Waals surface area contributed by atoms with Gasteiger partial charge in [0.2, 0.25) is 0 Å². The summed E-state index contributed by atoms with van der Waals surface area (Å²) in [6.07, 6.45) is 10.1. The molecule has 0 N–H and O–H groups in total. The molecular formula is C17H34O2. The fraction of sp³-hybridized carbons (Fsp3) is 0.941. The van der Waals surface area contributed by atoms with E-state index in [1.54, 1.807) is 0 Å². The summed E-state index contributed by atoms with van der Waals surface area (Å²) in [7, 11) is 1.47. The second-order valence-corrected chi connectivity index (χ2v) is 6.29. The average molecular weight is 270 g/mol. The Morgan fingerprint density at radius 2 is 1.37 bits per heavy atom. The third-order valence-corrected chi connectivity index (χ3v) is 4.11. The van der Waals surface area contributed by atoms with Crippen molar-refractivity contribution in [1.29, 1.82) is 0 Å². The summed E-state index contributed by atoms with van der Waals surface area (Å²) in [5, 5.41) is 0. The lowest BCUT2D eigenvalue weighted by atomic mass is 9.92. The van der Waals surface area contributed by atoms with Crippen molar-refractivity contribution >= 4 is 5.97 Å². The van der Waals surface area contributed by atoms with Crippen molar-refractivity contribution in [2.75, 3.05) is 7.11 Å². The fourth-order valence-electron chi connectivity index (χ4n) is 2.69. The van der Waals surface area contributed by atoms with Gasteiger partial charge in [-0.3, -0.25) is 4.79 Å². The molecule has 0 amide bonds. The Morgan fingerprint density at radius 3 is 1.84 bits per heavy atom. The quantitative estimate of drug-likeness (QED) is 0.482. The first-order valence-electron chi connectivity index (χ1n) is 8.09. The van der Waals surface area contributed by atoms with Gasteiger partial charge in [0.1, 0.15) is 0 Å². The smallest absolute Gasteiger partial charge is 0.308 e. The number of carbonyl (C=O) groups excluding carboxylic acids is 1. The van der Waals surface area contributed by atoms with E-state index in [0.717, 1.165) is 24.7 Å². The number of esters is 1. The molecule has 0 aliphatic carbocycles. The van der Waals surface area contributed by atoms with E-state index >= 15 is 0 Å². The molecule has 2 nitrogen and oxygen atoms in total. The van der Waals surface area contributed by atoms with Gasteiger partial charge < -0.3 is 4.74 Å². The Kier molecular flexibility index (Phi) is 11.0. The van der Waals surface area contributed by atoms with Crippen molar-refractivity contribution in [3.05, 3.63) is 0 Å². The maximum Gasteiger partial charge on any atom is 0.308 e. The SMILES string of the molecule is CCC[C@H](C)CCC[C@H](C)CCC[C@@H](C)C(=O)OC. The fourth-order valence-corrected chi connectivity index (χ4v) is 2.69. The zero-order chi connectivity index (χ0) is 14.7. The van der Waals surface area contributed by atoms with Gasteiger partial charge in [-0.15, -0.1) is 0 Å². The van der Waals surface area contributed by atoms with Gasteiger partial charge in [-0.2, -0.15) is 0 Å². The van der Waals surface area contributed by atoms with Crippen LogP contribution in [0.4, 0.5) is 0 Å². The highest BCUT2D eigenvalue weighted by molar-refractivity contribution is 5.71.